The van der Waals surface area contributed by atoms with E-state index in [1.54, 1.807) is 7.11 Å². The lowest BCUT2D eigenvalue weighted by atomic mass is 9.90. The molecule has 0 saturated carbocycles. The molecule has 1 fully saturated rings. The van der Waals surface area contributed by atoms with Crippen LogP contribution < -0.4 is 10.1 Å². The van der Waals surface area contributed by atoms with E-state index in [-0.39, 0.29) is 0 Å². The second-order valence-electron chi connectivity index (χ2n) is 8.06. The molecular formula is C23H36N4O. The summed E-state index contributed by atoms with van der Waals surface area (Å²) in [5.41, 5.74) is 3.71. The van der Waals surface area contributed by atoms with Crippen molar-refractivity contribution < 1.29 is 4.74 Å². The molecule has 1 saturated heterocycles. The number of nitrogens with one attached hydrogen (secondary N) is 1. The Kier molecular flexibility index (Phi) is 7.92. The van der Waals surface area contributed by atoms with Gasteiger partial charge in [-0.3, -0.25) is 0 Å². The smallest absolute Gasteiger partial charge is 0.216 e. The number of hydrogen-bond donors (Lipinski definition) is 1. The minimum atomic E-state index is 0.827. The van der Waals surface area contributed by atoms with Gasteiger partial charge in [-0.25, -0.2) is 4.68 Å². The number of methoxy groups -OCH3 is 1. The Morgan fingerprint density at radius 3 is 2.61 bits per heavy atom. The molecule has 0 atom stereocenters. The predicted octanol–water partition coefficient (Wildman–Crippen LogP) is 3.56. The Hall–Kier alpha value is -1.85. The number of aryl methyl sites for hydroxylation is 2. The monoisotopic (exact) mass is 384 g/mol. The molecule has 3 rings (SSSR count). The van der Waals surface area contributed by atoms with E-state index >= 15 is 0 Å². The number of aromatic nitrogens is 2. The van der Waals surface area contributed by atoms with Gasteiger partial charge in [0.1, 0.15) is 0 Å². The lowest BCUT2D eigenvalue weighted by molar-refractivity contribution is 0.181. The molecule has 0 amide bonds. The van der Waals surface area contributed by atoms with Crippen LogP contribution in [0.5, 0.6) is 5.88 Å². The van der Waals surface area contributed by atoms with Crippen LogP contribution in [0.4, 0.5) is 0 Å². The van der Waals surface area contributed by atoms with Gasteiger partial charge in [0.15, 0.2) is 0 Å². The second kappa shape index (κ2) is 10.6. The standard InChI is InChI=1S/C23H36N4O/c1-19-22(23(28-3)26(2)25-19)18-24-13-7-8-14-27-15-11-21(12-16-27)17-20-9-5-4-6-10-20/h4-6,9-10,21,24H,7-8,11-18H2,1-3H3. The van der Waals surface area contributed by atoms with Crippen LogP contribution in [0.3, 0.4) is 0 Å². The number of piperidine rings is 1. The highest BCUT2D eigenvalue weighted by molar-refractivity contribution is 5.30. The van der Waals surface area contributed by atoms with Gasteiger partial charge in [-0.2, -0.15) is 5.10 Å². The zero-order chi connectivity index (χ0) is 19.8. The van der Waals surface area contributed by atoms with E-state index in [1.165, 1.54) is 62.9 Å². The van der Waals surface area contributed by atoms with Crippen LogP contribution in [0, 0.1) is 12.8 Å². The molecule has 0 bridgehead atoms. The molecule has 1 aromatic carbocycles. The van der Waals surface area contributed by atoms with Crippen molar-refractivity contribution in [3.05, 3.63) is 47.2 Å². The van der Waals surface area contributed by atoms with E-state index in [4.69, 9.17) is 4.74 Å². The van der Waals surface area contributed by atoms with Crippen molar-refractivity contribution in [2.75, 3.05) is 33.3 Å². The molecule has 0 radical (unpaired) electrons. The van der Waals surface area contributed by atoms with Crippen LogP contribution in [0.2, 0.25) is 0 Å². The van der Waals surface area contributed by atoms with Crippen molar-refractivity contribution in [1.29, 1.82) is 0 Å². The molecule has 5 heteroatoms. The van der Waals surface area contributed by atoms with Crippen molar-refractivity contribution in [2.45, 2.75) is 45.6 Å². The minimum Gasteiger partial charge on any atom is -0.481 e. The zero-order valence-corrected chi connectivity index (χ0v) is 17.8. The number of hydrogen-bond acceptors (Lipinski definition) is 4. The minimum absolute atomic E-state index is 0.827. The van der Waals surface area contributed by atoms with Gasteiger partial charge >= 0.3 is 0 Å². The Morgan fingerprint density at radius 1 is 1.14 bits per heavy atom. The average Bonchev–Trinajstić information content (AvgIpc) is 2.99. The summed E-state index contributed by atoms with van der Waals surface area (Å²) in [6, 6.07) is 11.0. The van der Waals surface area contributed by atoms with Crippen LogP contribution in [0.1, 0.15) is 42.5 Å². The first-order valence-corrected chi connectivity index (χ1v) is 10.7. The van der Waals surface area contributed by atoms with E-state index in [0.29, 0.717) is 0 Å². The fraction of sp³-hybridized carbons (Fsp3) is 0.609. The van der Waals surface area contributed by atoms with Gasteiger partial charge in [0.2, 0.25) is 5.88 Å². The SMILES string of the molecule is COc1c(CNCCCCN2CCC(Cc3ccccc3)CC2)c(C)nn1C. The summed E-state index contributed by atoms with van der Waals surface area (Å²) >= 11 is 0. The van der Waals surface area contributed by atoms with Crippen molar-refractivity contribution in [1.82, 2.24) is 20.0 Å². The Balaban J connectivity index is 1.27. The van der Waals surface area contributed by atoms with E-state index < -0.39 is 0 Å². The highest BCUT2D eigenvalue weighted by Crippen LogP contribution is 2.22. The summed E-state index contributed by atoms with van der Waals surface area (Å²) in [6.45, 7) is 7.67. The number of likely N-dealkylation sites (tertiary alicyclic amines) is 1. The van der Waals surface area contributed by atoms with Crippen LogP contribution >= 0.6 is 0 Å². The van der Waals surface area contributed by atoms with Crippen LogP contribution in [-0.2, 0) is 20.0 Å². The molecule has 1 aliphatic heterocycles. The van der Waals surface area contributed by atoms with Crippen molar-refractivity contribution >= 4 is 0 Å². The summed E-state index contributed by atoms with van der Waals surface area (Å²) in [7, 11) is 3.64. The molecule has 28 heavy (non-hydrogen) atoms. The molecule has 2 aromatic rings. The Morgan fingerprint density at radius 2 is 1.89 bits per heavy atom. The largest absolute Gasteiger partial charge is 0.481 e. The maximum absolute atomic E-state index is 5.45. The fourth-order valence-electron chi connectivity index (χ4n) is 4.30. The fourth-order valence-corrected chi connectivity index (χ4v) is 4.30. The number of rotatable bonds is 10. The molecule has 0 spiro atoms. The summed E-state index contributed by atoms with van der Waals surface area (Å²) < 4.78 is 7.27. The maximum Gasteiger partial charge on any atom is 0.216 e. The van der Waals surface area contributed by atoms with Gasteiger partial charge in [-0.1, -0.05) is 30.3 Å². The third-order valence-electron chi connectivity index (χ3n) is 5.94. The molecule has 154 valence electrons. The van der Waals surface area contributed by atoms with Gasteiger partial charge < -0.3 is 15.0 Å². The van der Waals surface area contributed by atoms with E-state index in [9.17, 15) is 0 Å². The molecule has 1 aromatic heterocycles. The van der Waals surface area contributed by atoms with Gasteiger partial charge in [-0.05, 0) is 76.7 Å². The first kappa shape index (κ1) is 20.9. The van der Waals surface area contributed by atoms with Crippen molar-refractivity contribution in [2.24, 2.45) is 13.0 Å². The Bertz CT molecular complexity index is 705. The van der Waals surface area contributed by atoms with Crippen LogP contribution in [-0.4, -0.2) is 48.0 Å². The third kappa shape index (κ3) is 5.82. The molecule has 1 aliphatic rings. The highest BCUT2D eigenvalue weighted by atomic mass is 16.5. The lowest BCUT2D eigenvalue weighted by Crippen LogP contribution is -2.35. The normalized spacial score (nSPS) is 15.8. The second-order valence-corrected chi connectivity index (χ2v) is 8.06. The molecule has 1 N–H and O–H groups in total. The molecule has 2 heterocycles. The third-order valence-corrected chi connectivity index (χ3v) is 5.94. The quantitative estimate of drug-likeness (QED) is 0.636. The lowest BCUT2D eigenvalue weighted by Gasteiger charge is -2.32. The number of nitrogens with zero attached hydrogens (tertiary/aromatic N) is 3. The predicted molar refractivity (Wildman–Crippen MR) is 115 cm³/mol. The van der Waals surface area contributed by atoms with Crippen LogP contribution in [0.25, 0.3) is 0 Å². The van der Waals surface area contributed by atoms with Gasteiger partial charge in [0, 0.05) is 13.6 Å². The topological polar surface area (TPSA) is 42.3 Å². The van der Waals surface area contributed by atoms with Gasteiger partial charge in [0.25, 0.3) is 0 Å². The van der Waals surface area contributed by atoms with Gasteiger partial charge in [-0.15, -0.1) is 0 Å². The zero-order valence-electron chi connectivity index (χ0n) is 17.8. The first-order chi connectivity index (χ1) is 13.7. The maximum atomic E-state index is 5.45. The van der Waals surface area contributed by atoms with Crippen LogP contribution in [0.15, 0.2) is 30.3 Å². The van der Waals surface area contributed by atoms with E-state index in [2.05, 4.69) is 45.6 Å². The average molecular weight is 385 g/mol. The summed E-state index contributed by atoms with van der Waals surface area (Å²) in [4.78, 5) is 2.65. The van der Waals surface area contributed by atoms with Crippen molar-refractivity contribution in [3.63, 3.8) is 0 Å². The van der Waals surface area contributed by atoms with Gasteiger partial charge in [0.05, 0.1) is 18.4 Å². The first-order valence-electron chi connectivity index (χ1n) is 10.7. The molecule has 0 aliphatic carbocycles. The van der Waals surface area contributed by atoms with E-state index in [0.717, 1.165) is 30.6 Å². The van der Waals surface area contributed by atoms with Crippen molar-refractivity contribution in [3.8, 4) is 5.88 Å². The molecular weight excluding hydrogens is 348 g/mol. The number of benzene rings is 1. The number of ether oxygens (including phenoxy) is 1. The van der Waals surface area contributed by atoms with E-state index in [1.807, 2.05) is 18.7 Å². The molecule has 5 nitrogen and oxygen atoms in total. The Labute approximate surface area is 170 Å². The summed E-state index contributed by atoms with van der Waals surface area (Å²) in [5, 5.41) is 7.99. The highest BCUT2D eigenvalue weighted by Gasteiger charge is 2.19. The summed E-state index contributed by atoms with van der Waals surface area (Å²) in [5.74, 6) is 1.72. The molecule has 0 unspecified atom stereocenters. The number of unbranched alkanes of at least 4 members (excludes halogenated alkanes) is 1. The summed E-state index contributed by atoms with van der Waals surface area (Å²) in [6.07, 6.45) is 6.40.